The van der Waals surface area contributed by atoms with Gasteiger partial charge in [0.2, 0.25) is 0 Å². The Balaban J connectivity index is 2.67. The van der Waals surface area contributed by atoms with Gasteiger partial charge < -0.3 is 10.5 Å². The summed E-state index contributed by atoms with van der Waals surface area (Å²) in [5.74, 6) is 0.113. The van der Waals surface area contributed by atoms with Gasteiger partial charge in [0.15, 0.2) is 0 Å². The minimum Gasteiger partial charge on any atom is -0.384 e. The second-order valence-electron chi connectivity index (χ2n) is 4.48. The monoisotopic (exact) mass is 249 g/mol. The van der Waals surface area contributed by atoms with Gasteiger partial charge in [-0.3, -0.25) is 10.3 Å². The van der Waals surface area contributed by atoms with Crippen molar-refractivity contribution in [3.8, 4) is 0 Å². The van der Waals surface area contributed by atoms with Crippen LogP contribution in [0.5, 0.6) is 0 Å². The molecule has 0 fully saturated rings. The van der Waals surface area contributed by atoms with Gasteiger partial charge in [0.1, 0.15) is 5.84 Å². The van der Waals surface area contributed by atoms with Crippen LogP contribution in [0.2, 0.25) is 0 Å². The second kappa shape index (κ2) is 7.13. The van der Waals surface area contributed by atoms with Crippen LogP contribution in [-0.4, -0.2) is 37.0 Å². The summed E-state index contributed by atoms with van der Waals surface area (Å²) in [6, 6.07) is 8.24. The molecule has 4 nitrogen and oxygen atoms in total. The maximum atomic E-state index is 7.36. The summed E-state index contributed by atoms with van der Waals surface area (Å²) in [6.07, 6.45) is 0. The maximum absolute atomic E-state index is 7.36. The Morgan fingerprint density at radius 1 is 1.39 bits per heavy atom. The highest BCUT2D eigenvalue weighted by Crippen LogP contribution is 2.10. The summed E-state index contributed by atoms with van der Waals surface area (Å²) in [5.41, 5.74) is 7.43. The number of amidine groups is 1. The summed E-state index contributed by atoms with van der Waals surface area (Å²) >= 11 is 0. The van der Waals surface area contributed by atoms with Crippen LogP contribution in [0.3, 0.4) is 0 Å². The van der Waals surface area contributed by atoms with E-state index in [-0.39, 0.29) is 5.84 Å². The van der Waals surface area contributed by atoms with Crippen LogP contribution >= 0.6 is 0 Å². The van der Waals surface area contributed by atoms with Crippen molar-refractivity contribution in [3.05, 3.63) is 35.4 Å². The van der Waals surface area contributed by atoms with Crippen LogP contribution in [0.15, 0.2) is 24.3 Å². The second-order valence-corrected chi connectivity index (χ2v) is 4.48. The smallest absolute Gasteiger partial charge is 0.122 e. The molecule has 1 aromatic carbocycles. The Labute approximate surface area is 109 Å². The van der Waals surface area contributed by atoms with Crippen molar-refractivity contribution in [2.75, 3.05) is 20.3 Å². The molecule has 0 saturated heterocycles. The van der Waals surface area contributed by atoms with E-state index >= 15 is 0 Å². The summed E-state index contributed by atoms with van der Waals surface area (Å²) < 4.78 is 5.19. The standard InChI is InChI=1S/C14H23N3O/c1-4-17(11(2)10-18-3)9-12-5-7-13(8-6-12)14(15)16/h5-8,11H,4,9-10H2,1-3H3,(H3,15,16). The summed E-state index contributed by atoms with van der Waals surface area (Å²) in [4.78, 5) is 2.35. The van der Waals surface area contributed by atoms with Gasteiger partial charge in [0.25, 0.3) is 0 Å². The van der Waals surface area contributed by atoms with Gasteiger partial charge in [-0.15, -0.1) is 0 Å². The molecule has 0 radical (unpaired) electrons. The number of hydrogen-bond acceptors (Lipinski definition) is 3. The molecule has 100 valence electrons. The van der Waals surface area contributed by atoms with Gasteiger partial charge in [0, 0.05) is 25.3 Å². The lowest BCUT2D eigenvalue weighted by Crippen LogP contribution is -2.35. The molecule has 1 aromatic rings. The fraction of sp³-hybridized carbons (Fsp3) is 0.500. The predicted molar refractivity (Wildman–Crippen MR) is 74.9 cm³/mol. The molecule has 0 aliphatic rings. The number of likely N-dealkylation sites (N-methyl/N-ethyl adjacent to an activating group) is 1. The largest absolute Gasteiger partial charge is 0.384 e. The fourth-order valence-electron chi connectivity index (χ4n) is 1.95. The van der Waals surface area contributed by atoms with Crippen LogP contribution in [0, 0.1) is 5.41 Å². The van der Waals surface area contributed by atoms with Crippen LogP contribution in [0.4, 0.5) is 0 Å². The molecular weight excluding hydrogens is 226 g/mol. The first-order valence-corrected chi connectivity index (χ1v) is 6.24. The zero-order valence-electron chi connectivity index (χ0n) is 11.4. The Morgan fingerprint density at radius 3 is 2.44 bits per heavy atom. The van der Waals surface area contributed by atoms with Gasteiger partial charge in [0.05, 0.1) is 6.61 Å². The Morgan fingerprint density at radius 2 is 2.00 bits per heavy atom. The summed E-state index contributed by atoms with van der Waals surface area (Å²) in [5, 5.41) is 7.36. The van der Waals surface area contributed by atoms with E-state index in [2.05, 4.69) is 18.7 Å². The average molecular weight is 249 g/mol. The zero-order chi connectivity index (χ0) is 13.5. The molecule has 4 heteroatoms. The normalized spacial score (nSPS) is 12.7. The van der Waals surface area contributed by atoms with Gasteiger partial charge in [-0.2, -0.15) is 0 Å². The van der Waals surface area contributed by atoms with Gasteiger partial charge in [-0.05, 0) is 19.0 Å². The Bertz CT molecular complexity index is 375. The molecule has 1 unspecified atom stereocenters. The molecule has 18 heavy (non-hydrogen) atoms. The first-order valence-electron chi connectivity index (χ1n) is 6.24. The number of hydrogen-bond donors (Lipinski definition) is 2. The van der Waals surface area contributed by atoms with Crippen molar-refractivity contribution in [1.82, 2.24) is 4.90 Å². The number of nitrogens with two attached hydrogens (primary N) is 1. The number of nitrogens with zero attached hydrogens (tertiary/aromatic N) is 1. The Kier molecular flexibility index (Phi) is 5.82. The van der Waals surface area contributed by atoms with Crippen molar-refractivity contribution >= 4 is 5.84 Å². The van der Waals surface area contributed by atoms with E-state index in [1.807, 2.05) is 24.3 Å². The van der Waals surface area contributed by atoms with Crippen LogP contribution < -0.4 is 5.73 Å². The number of benzene rings is 1. The van der Waals surface area contributed by atoms with Crippen LogP contribution in [0.1, 0.15) is 25.0 Å². The molecule has 0 heterocycles. The Hall–Kier alpha value is -1.39. The number of nitrogens with one attached hydrogen (secondary N) is 1. The van der Waals surface area contributed by atoms with E-state index in [1.165, 1.54) is 5.56 Å². The van der Waals surface area contributed by atoms with Gasteiger partial charge in [-0.25, -0.2) is 0 Å². The van der Waals surface area contributed by atoms with E-state index in [0.717, 1.165) is 25.3 Å². The van der Waals surface area contributed by atoms with Crippen LogP contribution in [0.25, 0.3) is 0 Å². The maximum Gasteiger partial charge on any atom is 0.122 e. The van der Waals surface area contributed by atoms with Crippen LogP contribution in [-0.2, 0) is 11.3 Å². The first-order chi connectivity index (χ1) is 8.58. The third kappa shape index (κ3) is 4.13. The molecule has 0 saturated carbocycles. The minimum absolute atomic E-state index is 0.113. The van der Waals surface area contributed by atoms with Crippen molar-refractivity contribution in [2.24, 2.45) is 5.73 Å². The quantitative estimate of drug-likeness (QED) is 0.572. The number of ether oxygens (including phenoxy) is 1. The van der Waals surface area contributed by atoms with E-state index in [4.69, 9.17) is 15.9 Å². The fourth-order valence-corrected chi connectivity index (χ4v) is 1.95. The molecule has 1 rings (SSSR count). The highest BCUT2D eigenvalue weighted by molar-refractivity contribution is 5.94. The summed E-state index contributed by atoms with van der Waals surface area (Å²) in [6.45, 7) is 6.92. The molecule has 3 N–H and O–H groups in total. The number of methoxy groups -OCH3 is 1. The molecule has 0 amide bonds. The molecule has 0 aliphatic heterocycles. The van der Waals surface area contributed by atoms with Gasteiger partial charge in [-0.1, -0.05) is 31.2 Å². The molecule has 0 aromatic heterocycles. The van der Waals surface area contributed by atoms with Crippen molar-refractivity contribution in [2.45, 2.75) is 26.4 Å². The molecule has 0 bridgehead atoms. The number of nitrogen functional groups attached to an aromatic ring is 1. The van der Waals surface area contributed by atoms with E-state index in [1.54, 1.807) is 7.11 Å². The van der Waals surface area contributed by atoms with Crippen molar-refractivity contribution in [1.29, 1.82) is 5.41 Å². The molecule has 1 atom stereocenters. The lowest BCUT2D eigenvalue weighted by atomic mass is 10.1. The van der Waals surface area contributed by atoms with Crippen molar-refractivity contribution < 1.29 is 4.74 Å². The average Bonchev–Trinajstić information content (AvgIpc) is 2.36. The topological polar surface area (TPSA) is 62.3 Å². The molecular formula is C14H23N3O. The lowest BCUT2D eigenvalue weighted by molar-refractivity contribution is 0.0982. The van der Waals surface area contributed by atoms with E-state index in [0.29, 0.717) is 6.04 Å². The minimum atomic E-state index is 0.113. The van der Waals surface area contributed by atoms with Crippen molar-refractivity contribution in [3.63, 3.8) is 0 Å². The first kappa shape index (κ1) is 14.7. The third-order valence-corrected chi connectivity index (χ3v) is 3.09. The molecule has 0 spiro atoms. The molecule has 0 aliphatic carbocycles. The van der Waals surface area contributed by atoms with E-state index in [9.17, 15) is 0 Å². The highest BCUT2D eigenvalue weighted by Gasteiger charge is 2.12. The van der Waals surface area contributed by atoms with E-state index < -0.39 is 0 Å². The number of rotatable bonds is 7. The highest BCUT2D eigenvalue weighted by atomic mass is 16.5. The lowest BCUT2D eigenvalue weighted by Gasteiger charge is -2.27. The third-order valence-electron chi connectivity index (χ3n) is 3.09. The van der Waals surface area contributed by atoms with Gasteiger partial charge >= 0.3 is 0 Å². The predicted octanol–water partition coefficient (Wildman–Crippen LogP) is 1.83. The summed E-state index contributed by atoms with van der Waals surface area (Å²) in [7, 11) is 1.73. The zero-order valence-corrected chi connectivity index (χ0v) is 11.4. The SMILES string of the molecule is CCN(Cc1ccc(C(=N)N)cc1)C(C)COC.